The molecule has 2 fully saturated rings. The average Bonchev–Trinajstić information content (AvgIpc) is 2.28. The third-order valence-corrected chi connectivity index (χ3v) is 4.67. The van der Waals surface area contributed by atoms with Gasteiger partial charge in [0.15, 0.2) is 0 Å². The van der Waals surface area contributed by atoms with Crippen LogP contribution in [0.2, 0.25) is 0 Å². The number of carbonyl (C=O) groups is 1. The van der Waals surface area contributed by atoms with Crippen LogP contribution in [0.3, 0.4) is 0 Å². The molecule has 2 aliphatic rings. The smallest absolute Gasteiger partial charge is 0.221 e. The van der Waals surface area contributed by atoms with Gasteiger partial charge in [-0.3, -0.25) is 4.79 Å². The fraction of sp³-hybridized carbons (Fsp3) is 0.929. The molecule has 0 radical (unpaired) electrons. The Hall–Kier alpha value is -0.610. The number of nitrogens with one attached hydrogen (secondary N) is 1. The molecule has 3 N–H and O–H groups in total. The lowest BCUT2D eigenvalue weighted by Gasteiger charge is -2.41. The predicted molar refractivity (Wildman–Crippen MR) is 71.2 cm³/mol. The fourth-order valence-electron chi connectivity index (χ4n) is 3.10. The summed E-state index contributed by atoms with van der Waals surface area (Å²) < 4.78 is 5.49. The third kappa shape index (κ3) is 3.23. The Bertz CT molecular complexity index is 289. The molecule has 0 saturated heterocycles. The number of ether oxygens (including phenoxy) is 1. The lowest BCUT2D eigenvalue weighted by Crippen LogP contribution is -2.52. The van der Waals surface area contributed by atoms with Gasteiger partial charge in [-0.2, -0.15) is 0 Å². The lowest BCUT2D eigenvalue weighted by atomic mass is 9.79. The second-order valence-corrected chi connectivity index (χ2v) is 6.12. The van der Waals surface area contributed by atoms with Crippen molar-refractivity contribution < 1.29 is 9.53 Å². The standard InChI is InChI=1S/C14H26N2O2/c1-18-14(8-5-9-14)11-16-12(17)10-13(15)6-3-2-4-7-13/h2-11,15H2,1H3,(H,16,17). The first-order valence-electron chi connectivity index (χ1n) is 7.18. The predicted octanol–water partition coefficient (Wildman–Crippen LogP) is 1.72. The van der Waals surface area contributed by atoms with E-state index in [1.165, 1.54) is 12.8 Å². The van der Waals surface area contributed by atoms with Gasteiger partial charge in [-0.1, -0.05) is 19.3 Å². The minimum absolute atomic E-state index is 0.0859. The Kier molecular flexibility index (Phi) is 4.28. The molecule has 0 unspecified atom stereocenters. The Morgan fingerprint density at radius 1 is 1.17 bits per heavy atom. The summed E-state index contributed by atoms with van der Waals surface area (Å²) in [4.78, 5) is 12.0. The fourth-order valence-corrected chi connectivity index (χ4v) is 3.10. The zero-order valence-corrected chi connectivity index (χ0v) is 11.5. The quantitative estimate of drug-likeness (QED) is 0.785. The van der Waals surface area contributed by atoms with Gasteiger partial charge in [0.05, 0.1) is 5.60 Å². The van der Waals surface area contributed by atoms with Crippen molar-refractivity contribution in [3.05, 3.63) is 0 Å². The second-order valence-electron chi connectivity index (χ2n) is 6.12. The van der Waals surface area contributed by atoms with Crippen molar-refractivity contribution in [3.63, 3.8) is 0 Å². The summed E-state index contributed by atoms with van der Waals surface area (Å²) in [5, 5.41) is 3.00. The van der Waals surface area contributed by atoms with Gasteiger partial charge in [-0.05, 0) is 32.1 Å². The second kappa shape index (κ2) is 5.57. The highest BCUT2D eigenvalue weighted by atomic mass is 16.5. The number of hydrogen-bond donors (Lipinski definition) is 2. The molecule has 0 bridgehead atoms. The molecule has 0 atom stereocenters. The summed E-state index contributed by atoms with van der Waals surface area (Å²) in [7, 11) is 1.73. The largest absolute Gasteiger partial charge is 0.376 e. The van der Waals surface area contributed by atoms with E-state index in [9.17, 15) is 4.79 Å². The van der Waals surface area contributed by atoms with E-state index in [1.807, 2.05) is 0 Å². The summed E-state index contributed by atoms with van der Waals surface area (Å²) in [6.45, 7) is 0.637. The van der Waals surface area contributed by atoms with E-state index < -0.39 is 0 Å². The van der Waals surface area contributed by atoms with Gasteiger partial charge in [0.1, 0.15) is 0 Å². The van der Waals surface area contributed by atoms with Crippen LogP contribution < -0.4 is 11.1 Å². The van der Waals surface area contributed by atoms with Gasteiger partial charge in [-0.15, -0.1) is 0 Å². The summed E-state index contributed by atoms with van der Waals surface area (Å²) in [6.07, 6.45) is 9.31. The van der Waals surface area contributed by atoms with Crippen molar-refractivity contribution in [1.29, 1.82) is 0 Å². The van der Waals surface area contributed by atoms with Crippen molar-refractivity contribution in [1.82, 2.24) is 5.32 Å². The van der Waals surface area contributed by atoms with Crippen molar-refractivity contribution >= 4 is 5.91 Å². The zero-order chi connectivity index (χ0) is 13.1. The van der Waals surface area contributed by atoms with Gasteiger partial charge >= 0.3 is 0 Å². The molecule has 1 amide bonds. The highest BCUT2D eigenvalue weighted by Gasteiger charge is 2.38. The molecular formula is C14H26N2O2. The third-order valence-electron chi connectivity index (χ3n) is 4.67. The Labute approximate surface area is 110 Å². The molecular weight excluding hydrogens is 228 g/mol. The number of amides is 1. The van der Waals surface area contributed by atoms with Gasteiger partial charge in [0, 0.05) is 25.6 Å². The molecule has 2 rings (SSSR count). The van der Waals surface area contributed by atoms with Crippen LogP contribution in [0.1, 0.15) is 57.8 Å². The van der Waals surface area contributed by atoms with E-state index in [0.717, 1.165) is 38.5 Å². The van der Waals surface area contributed by atoms with Crippen molar-refractivity contribution in [3.8, 4) is 0 Å². The van der Waals surface area contributed by atoms with Crippen LogP contribution in [-0.4, -0.2) is 30.7 Å². The molecule has 4 heteroatoms. The topological polar surface area (TPSA) is 64.3 Å². The summed E-state index contributed by atoms with van der Waals surface area (Å²) in [5.74, 6) is 0.0859. The first-order chi connectivity index (χ1) is 8.58. The van der Waals surface area contributed by atoms with Crippen LogP contribution in [0.25, 0.3) is 0 Å². The molecule has 0 spiro atoms. The minimum Gasteiger partial charge on any atom is -0.376 e. The van der Waals surface area contributed by atoms with Crippen LogP contribution in [0, 0.1) is 0 Å². The van der Waals surface area contributed by atoms with E-state index in [-0.39, 0.29) is 17.0 Å². The first kappa shape index (κ1) is 13.8. The van der Waals surface area contributed by atoms with Crippen LogP contribution in [-0.2, 0) is 9.53 Å². The minimum atomic E-state index is -0.262. The molecule has 104 valence electrons. The number of rotatable bonds is 5. The van der Waals surface area contributed by atoms with Crippen LogP contribution in [0.15, 0.2) is 0 Å². The molecule has 0 aromatic carbocycles. The molecule has 0 aromatic heterocycles. The van der Waals surface area contributed by atoms with Gasteiger partial charge in [-0.25, -0.2) is 0 Å². The SMILES string of the molecule is COC1(CNC(=O)CC2(N)CCCCC2)CCC1. The van der Waals surface area contributed by atoms with E-state index in [2.05, 4.69) is 5.32 Å². The highest BCUT2D eigenvalue weighted by molar-refractivity contribution is 5.77. The number of carbonyl (C=O) groups excluding carboxylic acids is 1. The van der Waals surface area contributed by atoms with E-state index in [1.54, 1.807) is 7.11 Å². The summed E-state index contributed by atoms with van der Waals surface area (Å²) >= 11 is 0. The molecule has 4 nitrogen and oxygen atoms in total. The average molecular weight is 254 g/mol. The van der Waals surface area contributed by atoms with Crippen LogP contribution in [0.5, 0.6) is 0 Å². The highest BCUT2D eigenvalue weighted by Crippen LogP contribution is 2.34. The van der Waals surface area contributed by atoms with Crippen molar-refractivity contribution in [2.24, 2.45) is 5.73 Å². The molecule has 0 heterocycles. The summed E-state index contributed by atoms with van der Waals surface area (Å²) in [6, 6.07) is 0. The maximum absolute atomic E-state index is 12.0. The molecule has 2 aliphatic carbocycles. The number of nitrogens with two attached hydrogens (primary N) is 1. The Morgan fingerprint density at radius 3 is 2.33 bits per heavy atom. The monoisotopic (exact) mass is 254 g/mol. The molecule has 18 heavy (non-hydrogen) atoms. The zero-order valence-electron chi connectivity index (χ0n) is 11.5. The lowest BCUT2D eigenvalue weighted by molar-refractivity contribution is -0.126. The summed E-state index contributed by atoms with van der Waals surface area (Å²) in [5.41, 5.74) is 5.93. The Balaban J connectivity index is 1.74. The van der Waals surface area contributed by atoms with E-state index in [4.69, 9.17) is 10.5 Å². The van der Waals surface area contributed by atoms with Crippen molar-refractivity contribution in [2.75, 3.05) is 13.7 Å². The van der Waals surface area contributed by atoms with Crippen molar-refractivity contribution in [2.45, 2.75) is 68.9 Å². The molecule has 0 aliphatic heterocycles. The first-order valence-corrected chi connectivity index (χ1v) is 7.18. The van der Waals surface area contributed by atoms with Gasteiger partial charge < -0.3 is 15.8 Å². The maximum atomic E-state index is 12.0. The van der Waals surface area contributed by atoms with Crippen LogP contribution in [0.4, 0.5) is 0 Å². The molecule has 0 aromatic rings. The number of methoxy groups -OCH3 is 1. The van der Waals surface area contributed by atoms with Crippen LogP contribution >= 0.6 is 0 Å². The van der Waals surface area contributed by atoms with E-state index >= 15 is 0 Å². The normalized spacial score (nSPS) is 25.2. The molecule has 2 saturated carbocycles. The number of hydrogen-bond acceptors (Lipinski definition) is 3. The van der Waals surface area contributed by atoms with Gasteiger partial charge in [0.25, 0.3) is 0 Å². The van der Waals surface area contributed by atoms with E-state index in [0.29, 0.717) is 13.0 Å². The van der Waals surface area contributed by atoms with Gasteiger partial charge in [0.2, 0.25) is 5.91 Å². The Morgan fingerprint density at radius 2 is 1.83 bits per heavy atom. The maximum Gasteiger partial charge on any atom is 0.221 e.